The molecule has 0 aliphatic heterocycles. The van der Waals surface area contributed by atoms with E-state index in [2.05, 4.69) is 10.3 Å². The fraction of sp³-hybridized carbons (Fsp3) is 0.182. The number of benzene rings is 1. The highest BCUT2D eigenvalue weighted by molar-refractivity contribution is 5.93. The third-order valence-electron chi connectivity index (χ3n) is 2.33. The highest BCUT2D eigenvalue weighted by atomic mass is 16.4. The van der Waals surface area contributed by atoms with Crippen LogP contribution in [0.2, 0.25) is 0 Å². The van der Waals surface area contributed by atoms with Crippen LogP contribution in [0, 0.1) is 0 Å². The topological polar surface area (TPSA) is 65.1 Å². The van der Waals surface area contributed by atoms with Gasteiger partial charge in [-0.2, -0.15) is 0 Å². The van der Waals surface area contributed by atoms with Crippen molar-refractivity contribution in [1.29, 1.82) is 0 Å². The Labute approximate surface area is 86.9 Å². The van der Waals surface area contributed by atoms with Crippen molar-refractivity contribution < 1.29 is 9.90 Å². The summed E-state index contributed by atoms with van der Waals surface area (Å²) in [4.78, 5) is 13.8. The maximum atomic E-state index is 10.7. The molecule has 0 saturated heterocycles. The van der Waals surface area contributed by atoms with E-state index >= 15 is 0 Å². The molecule has 1 unspecified atom stereocenters. The van der Waals surface area contributed by atoms with Gasteiger partial charge in [0.2, 0.25) is 0 Å². The summed E-state index contributed by atoms with van der Waals surface area (Å²) in [6, 6.07) is 7.16. The monoisotopic (exact) mass is 204 g/mol. The predicted molar refractivity (Wildman–Crippen MR) is 59.0 cm³/mol. The van der Waals surface area contributed by atoms with E-state index in [4.69, 9.17) is 5.11 Å². The molecule has 1 atom stereocenters. The smallest absolute Gasteiger partial charge is 0.325 e. The summed E-state index contributed by atoms with van der Waals surface area (Å²) in [6.07, 6.45) is 1.78. The summed E-state index contributed by atoms with van der Waals surface area (Å²) in [6.45, 7) is 1.62. The molecule has 4 heteroatoms. The Morgan fingerprint density at radius 1 is 1.47 bits per heavy atom. The van der Waals surface area contributed by atoms with Gasteiger partial charge in [0.15, 0.2) is 0 Å². The van der Waals surface area contributed by atoms with Crippen molar-refractivity contribution in [2.24, 2.45) is 0 Å². The molecule has 2 rings (SSSR count). The normalized spacial score (nSPS) is 12.6. The Morgan fingerprint density at radius 3 is 2.93 bits per heavy atom. The largest absolute Gasteiger partial charge is 0.480 e. The first-order valence-corrected chi connectivity index (χ1v) is 4.74. The number of hydrogen-bond acceptors (Lipinski definition) is 2. The molecule has 3 N–H and O–H groups in total. The van der Waals surface area contributed by atoms with Gasteiger partial charge in [-0.25, -0.2) is 0 Å². The number of carbonyl (C=O) groups is 1. The molecular weight excluding hydrogens is 192 g/mol. The van der Waals surface area contributed by atoms with Crippen LogP contribution in [0.4, 0.5) is 5.69 Å². The molecule has 0 bridgehead atoms. The van der Waals surface area contributed by atoms with Gasteiger partial charge in [0.25, 0.3) is 0 Å². The van der Waals surface area contributed by atoms with Gasteiger partial charge >= 0.3 is 5.97 Å². The van der Waals surface area contributed by atoms with Gasteiger partial charge < -0.3 is 15.4 Å². The lowest BCUT2D eigenvalue weighted by Crippen LogP contribution is -2.25. The number of aliphatic carboxylic acids is 1. The number of para-hydroxylation sites is 1. The van der Waals surface area contributed by atoms with Crippen molar-refractivity contribution in [1.82, 2.24) is 4.98 Å². The molecule has 0 spiro atoms. The van der Waals surface area contributed by atoms with Gasteiger partial charge in [-0.05, 0) is 13.0 Å². The van der Waals surface area contributed by atoms with E-state index in [1.807, 2.05) is 24.3 Å². The SMILES string of the molecule is CC(Nc1c[nH]c2ccccc12)C(=O)O. The molecule has 15 heavy (non-hydrogen) atoms. The highest BCUT2D eigenvalue weighted by Gasteiger charge is 2.12. The van der Waals surface area contributed by atoms with Gasteiger partial charge in [-0.15, -0.1) is 0 Å². The second-order valence-electron chi connectivity index (χ2n) is 3.45. The zero-order chi connectivity index (χ0) is 10.8. The van der Waals surface area contributed by atoms with Crippen LogP contribution in [0.1, 0.15) is 6.92 Å². The average Bonchev–Trinajstić information content (AvgIpc) is 2.62. The fourth-order valence-corrected chi connectivity index (χ4v) is 1.49. The van der Waals surface area contributed by atoms with E-state index in [-0.39, 0.29) is 0 Å². The summed E-state index contributed by atoms with van der Waals surface area (Å²) in [5.41, 5.74) is 1.82. The number of hydrogen-bond donors (Lipinski definition) is 3. The van der Waals surface area contributed by atoms with E-state index in [9.17, 15) is 4.79 Å². The molecule has 0 amide bonds. The Kier molecular flexibility index (Phi) is 2.33. The maximum Gasteiger partial charge on any atom is 0.325 e. The van der Waals surface area contributed by atoms with Crippen LogP contribution in [-0.2, 0) is 4.79 Å². The molecule has 0 saturated carbocycles. The summed E-state index contributed by atoms with van der Waals surface area (Å²) >= 11 is 0. The Morgan fingerprint density at radius 2 is 2.20 bits per heavy atom. The molecule has 0 aliphatic carbocycles. The van der Waals surface area contributed by atoms with E-state index < -0.39 is 12.0 Å². The number of aromatic amines is 1. The third kappa shape index (κ3) is 1.79. The van der Waals surface area contributed by atoms with Gasteiger partial charge in [-0.3, -0.25) is 4.79 Å². The molecule has 2 aromatic rings. The van der Waals surface area contributed by atoms with Gasteiger partial charge in [0.1, 0.15) is 6.04 Å². The van der Waals surface area contributed by atoms with Crippen molar-refractivity contribution in [2.45, 2.75) is 13.0 Å². The van der Waals surface area contributed by atoms with Crippen LogP contribution in [-0.4, -0.2) is 22.1 Å². The number of nitrogens with one attached hydrogen (secondary N) is 2. The molecular formula is C11H12N2O2. The van der Waals surface area contributed by atoms with E-state index in [0.29, 0.717) is 0 Å². The first kappa shape index (κ1) is 9.58. The van der Waals surface area contributed by atoms with E-state index in [1.54, 1.807) is 13.1 Å². The zero-order valence-corrected chi connectivity index (χ0v) is 8.32. The van der Waals surface area contributed by atoms with Crippen LogP contribution in [0.15, 0.2) is 30.5 Å². The molecule has 0 fully saturated rings. The summed E-state index contributed by atoms with van der Waals surface area (Å²) in [5.74, 6) is -0.861. The molecule has 1 aromatic heterocycles. The highest BCUT2D eigenvalue weighted by Crippen LogP contribution is 2.22. The summed E-state index contributed by atoms with van der Waals surface area (Å²) in [7, 11) is 0. The fourth-order valence-electron chi connectivity index (χ4n) is 1.49. The summed E-state index contributed by atoms with van der Waals surface area (Å²) < 4.78 is 0. The number of H-pyrrole nitrogens is 1. The average molecular weight is 204 g/mol. The third-order valence-corrected chi connectivity index (χ3v) is 2.33. The predicted octanol–water partition coefficient (Wildman–Crippen LogP) is 2.05. The van der Waals surface area contributed by atoms with Crippen LogP contribution in [0.5, 0.6) is 0 Å². The molecule has 78 valence electrons. The van der Waals surface area contributed by atoms with Crippen molar-refractivity contribution in [2.75, 3.05) is 5.32 Å². The van der Waals surface area contributed by atoms with Gasteiger partial charge in [0.05, 0.1) is 5.69 Å². The molecule has 0 aliphatic rings. The minimum absolute atomic E-state index is 0.593. The Balaban J connectivity index is 2.32. The maximum absolute atomic E-state index is 10.7. The molecule has 0 radical (unpaired) electrons. The van der Waals surface area contributed by atoms with Crippen molar-refractivity contribution >= 4 is 22.6 Å². The number of aromatic nitrogens is 1. The summed E-state index contributed by atoms with van der Waals surface area (Å²) in [5, 5.41) is 12.7. The Hall–Kier alpha value is -1.97. The van der Waals surface area contributed by atoms with Crippen LogP contribution < -0.4 is 5.32 Å². The minimum atomic E-state index is -0.861. The van der Waals surface area contributed by atoms with Crippen LogP contribution in [0.25, 0.3) is 10.9 Å². The van der Waals surface area contributed by atoms with E-state index in [1.165, 1.54) is 0 Å². The second kappa shape index (κ2) is 3.65. The standard InChI is InChI=1S/C11H12N2O2/c1-7(11(14)15)13-10-6-12-9-5-3-2-4-8(9)10/h2-7,12-13H,1H3,(H,14,15). The molecule has 4 nitrogen and oxygen atoms in total. The lowest BCUT2D eigenvalue weighted by Gasteiger charge is -2.08. The lowest BCUT2D eigenvalue weighted by atomic mass is 10.2. The van der Waals surface area contributed by atoms with Crippen LogP contribution >= 0.6 is 0 Å². The van der Waals surface area contributed by atoms with Crippen molar-refractivity contribution in [3.8, 4) is 0 Å². The molecule has 1 aromatic carbocycles. The number of anilines is 1. The van der Waals surface area contributed by atoms with Gasteiger partial charge in [0, 0.05) is 17.1 Å². The zero-order valence-electron chi connectivity index (χ0n) is 8.32. The van der Waals surface area contributed by atoms with E-state index in [0.717, 1.165) is 16.6 Å². The first-order valence-electron chi connectivity index (χ1n) is 4.74. The molecule has 1 heterocycles. The minimum Gasteiger partial charge on any atom is -0.480 e. The van der Waals surface area contributed by atoms with Crippen molar-refractivity contribution in [3.05, 3.63) is 30.5 Å². The lowest BCUT2D eigenvalue weighted by molar-refractivity contribution is -0.137. The first-order chi connectivity index (χ1) is 7.18. The number of fused-ring (bicyclic) bond motifs is 1. The number of carboxylic acids is 1. The van der Waals surface area contributed by atoms with Crippen LogP contribution in [0.3, 0.4) is 0 Å². The Bertz CT molecular complexity index is 490. The van der Waals surface area contributed by atoms with Crippen molar-refractivity contribution in [3.63, 3.8) is 0 Å². The van der Waals surface area contributed by atoms with Gasteiger partial charge in [-0.1, -0.05) is 18.2 Å². The quantitative estimate of drug-likeness (QED) is 0.716. The number of carboxylic acid groups (broad SMARTS) is 1. The second-order valence-corrected chi connectivity index (χ2v) is 3.45. The number of rotatable bonds is 3.